The molecule has 1 aromatic heterocycles. The van der Waals surface area contributed by atoms with Crippen LogP contribution in [0.3, 0.4) is 0 Å². The number of hydrogen-bond acceptors (Lipinski definition) is 5. The Hall–Kier alpha value is -2.68. The van der Waals surface area contributed by atoms with E-state index in [1.165, 1.54) is 23.9 Å². The molecule has 0 bridgehead atoms. The fraction of sp³-hybridized carbons (Fsp3) is 0.333. The molecule has 2 aromatic carbocycles. The van der Waals surface area contributed by atoms with Gasteiger partial charge in [-0.15, -0.1) is 23.1 Å². The van der Waals surface area contributed by atoms with E-state index >= 15 is 0 Å². The maximum Gasteiger partial charge on any atom is 0.242 e. The molecule has 0 aliphatic heterocycles. The smallest absolute Gasteiger partial charge is 0.242 e. The molecule has 2 amide bonds. The lowest BCUT2D eigenvalue weighted by Gasteiger charge is -2.28. The Morgan fingerprint density at radius 3 is 2.37 bits per heavy atom. The molecule has 0 unspecified atom stereocenters. The number of nitrogens with zero attached hydrogens (tertiary/aromatic N) is 2. The van der Waals surface area contributed by atoms with Gasteiger partial charge in [-0.05, 0) is 60.2 Å². The first-order valence-electron chi connectivity index (χ1n) is 11.5. The minimum atomic E-state index is -0.313. The topological polar surface area (TPSA) is 49.9 Å². The molecule has 186 valence electrons. The highest BCUT2D eigenvalue weighted by molar-refractivity contribution is 8.00. The highest BCUT2D eigenvalue weighted by Gasteiger charge is 2.22. The molecule has 0 saturated carbocycles. The second-order valence-corrected chi connectivity index (χ2v) is 10.2. The van der Waals surface area contributed by atoms with E-state index in [-0.39, 0.29) is 29.9 Å². The van der Waals surface area contributed by atoms with Crippen LogP contribution in [0.2, 0.25) is 0 Å². The van der Waals surface area contributed by atoms with Crippen molar-refractivity contribution in [2.45, 2.75) is 31.3 Å². The maximum absolute atomic E-state index is 13.5. The molecule has 0 radical (unpaired) electrons. The third kappa shape index (κ3) is 8.80. The van der Waals surface area contributed by atoms with Gasteiger partial charge in [0, 0.05) is 36.6 Å². The van der Waals surface area contributed by atoms with Gasteiger partial charge in [0.25, 0.3) is 0 Å². The predicted octanol–water partition coefficient (Wildman–Crippen LogP) is 5.38. The average Bonchev–Trinajstić information content (AvgIpc) is 3.27. The molecule has 0 atom stereocenters. The molecule has 0 saturated heterocycles. The number of hydrogen-bond donors (Lipinski definition) is 0. The van der Waals surface area contributed by atoms with E-state index in [1.54, 1.807) is 40.4 Å². The van der Waals surface area contributed by atoms with E-state index in [0.29, 0.717) is 32.7 Å². The second kappa shape index (κ2) is 14.0. The number of carbonyl (C=O) groups is 2. The highest BCUT2D eigenvalue weighted by atomic mass is 32.2. The highest BCUT2D eigenvalue weighted by Crippen LogP contribution is 2.21. The van der Waals surface area contributed by atoms with Crippen molar-refractivity contribution in [2.24, 2.45) is 0 Å². The zero-order valence-electron chi connectivity index (χ0n) is 20.1. The van der Waals surface area contributed by atoms with Gasteiger partial charge < -0.3 is 14.5 Å². The van der Waals surface area contributed by atoms with Crippen molar-refractivity contribution in [3.8, 4) is 0 Å². The quantitative estimate of drug-likeness (QED) is 0.227. The second-order valence-electron chi connectivity index (χ2n) is 8.17. The number of rotatable bonds is 13. The molecule has 3 rings (SSSR count). The summed E-state index contributed by atoms with van der Waals surface area (Å²) in [6.45, 7) is 3.75. The summed E-state index contributed by atoms with van der Waals surface area (Å²) in [6, 6.07) is 17.9. The van der Waals surface area contributed by atoms with Gasteiger partial charge in [0.05, 0.1) is 18.8 Å². The fourth-order valence-electron chi connectivity index (χ4n) is 3.49. The van der Waals surface area contributed by atoms with Crippen LogP contribution in [0.4, 0.5) is 4.39 Å². The molecule has 8 heteroatoms. The van der Waals surface area contributed by atoms with E-state index in [9.17, 15) is 14.0 Å². The Bertz CT molecular complexity index is 1070. The van der Waals surface area contributed by atoms with E-state index in [4.69, 9.17) is 4.74 Å². The molecular weight excluding hydrogens is 483 g/mol. The van der Waals surface area contributed by atoms with Crippen LogP contribution in [0.1, 0.15) is 22.4 Å². The van der Waals surface area contributed by atoms with Gasteiger partial charge in [-0.3, -0.25) is 9.59 Å². The first kappa shape index (κ1) is 26.9. The fourth-order valence-corrected chi connectivity index (χ4v) is 5.23. The Kier molecular flexibility index (Phi) is 10.8. The number of carbonyl (C=O) groups excluding carboxylic acids is 2. The average molecular weight is 515 g/mol. The maximum atomic E-state index is 13.5. The molecule has 0 aliphatic rings. The molecule has 0 fully saturated rings. The lowest BCUT2D eigenvalue weighted by Crippen LogP contribution is -2.43. The Labute approximate surface area is 214 Å². The van der Waals surface area contributed by atoms with Crippen LogP contribution in [0.5, 0.6) is 0 Å². The van der Waals surface area contributed by atoms with Gasteiger partial charge in [-0.1, -0.05) is 30.3 Å². The zero-order valence-corrected chi connectivity index (χ0v) is 21.7. The Balaban J connectivity index is 1.72. The minimum absolute atomic E-state index is 0.0104. The van der Waals surface area contributed by atoms with E-state index < -0.39 is 0 Å². The third-order valence-electron chi connectivity index (χ3n) is 5.50. The van der Waals surface area contributed by atoms with Gasteiger partial charge in [0.2, 0.25) is 11.8 Å². The normalized spacial score (nSPS) is 10.8. The van der Waals surface area contributed by atoms with Crippen LogP contribution < -0.4 is 0 Å². The van der Waals surface area contributed by atoms with Gasteiger partial charge in [-0.25, -0.2) is 4.39 Å². The summed E-state index contributed by atoms with van der Waals surface area (Å²) in [6.07, 6.45) is 0.646. The van der Waals surface area contributed by atoms with Crippen LogP contribution in [-0.2, 0) is 27.4 Å². The molecule has 0 spiro atoms. The van der Waals surface area contributed by atoms with Crippen molar-refractivity contribution in [3.63, 3.8) is 0 Å². The minimum Gasteiger partial charge on any atom is -0.385 e. The van der Waals surface area contributed by atoms with Crippen molar-refractivity contribution >= 4 is 34.9 Å². The van der Waals surface area contributed by atoms with Crippen molar-refractivity contribution in [2.75, 3.05) is 32.6 Å². The lowest BCUT2D eigenvalue weighted by molar-refractivity contribution is -0.140. The summed E-state index contributed by atoms with van der Waals surface area (Å²) in [7, 11) is 1.62. The van der Waals surface area contributed by atoms with Crippen molar-refractivity contribution in [1.82, 2.24) is 9.80 Å². The summed E-state index contributed by atoms with van der Waals surface area (Å²) in [5, 5.41) is 2.01. The largest absolute Gasteiger partial charge is 0.385 e. The lowest BCUT2D eigenvalue weighted by atomic mass is 10.2. The monoisotopic (exact) mass is 514 g/mol. The number of aryl methyl sites for hydroxylation is 1. The van der Waals surface area contributed by atoms with E-state index in [2.05, 4.69) is 0 Å². The first-order valence-corrected chi connectivity index (χ1v) is 13.3. The summed E-state index contributed by atoms with van der Waals surface area (Å²) >= 11 is 3.06. The zero-order chi connectivity index (χ0) is 25.0. The van der Waals surface area contributed by atoms with Gasteiger partial charge in [-0.2, -0.15) is 0 Å². The summed E-state index contributed by atoms with van der Waals surface area (Å²) in [5.74, 6) is -0.284. The summed E-state index contributed by atoms with van der Waals surface area (Å²) in [4.78, 5) is 32.1. The Morgan fingerprint density at radius 1 is 0.971 bits per heavy atom. The van der Waals surface area contributed by atoms with Crippen LogP contribution in [-0.4, -0.2) is 54.2 Å². The molecule has 0 N–H and O–H groups in total. The van der Waals surface area contributed by atoms with Crippen LogP contribution in [0.15, 0.2) is 70.9 Å². The molecule has 5 nitrogen and oxygen atoms in total. The molecule has 3 aromatic rings. The van der Waals surface area contributed by atoms with Gasteiger partial charge in [0.15, 0.2) is 0 Å². The number of thioether (sulfide) groups is 1. The first-order chi connectivity index (χ1) is 17.0. The number of methoxy groups -OCH3 is 1. The third-order valence-corrected chi connectivity index (χ3v) is 7.51. The van der Waals surface area contributed by atoms with Crippen LogP contribution in [0.25, 0.3) is 0 Å². The van der Waals surface area contributed by atoms with E-state index in [0.717, 1.165) is 20.9 Å². The standard InChI is InChI=1S/C27H31FN2O3S2/c1-21-13-16-34-25(21)18-30(17-22-9-11-23(28)12-10-22)26(31)19-29(14-6-15-33-2)27(32)20-35-24-7-4-3-5-8-24/h3-5,7-13,16H,6,14-15,17-20H2,1-2H3. The van der Waals surface area contributed by atoms with Gasteiger partial charge in [0.1, 0.15) is 5.82 Å². The summed E-state index contributed by atoms with van der Waals surface area (Å²) < 4.78 is 18.6. The SMILES string of the molecule is COCCCN(CC(=O)N(Cc1ccc(F)cc1)Cc1sccc1C)C(=O)CSc1ccccc1. The number of ether oxygens (including phenoxy) is 1. The molecule has 35 heavy (non-hydrogen) atoms. The van der Waals surface area contributed by atoms with Gasteiger partial charge >= 0.3 is 0 Å². The number of benzene rings is 2. The number of amides is 2. The Morgan fingerprint density at radius 2 is 1.71 bits per heavy atom. The van der Waals surface area contributed by atoms with E-state index in [1.807, 2.05) is 48.7 Å². The van der Waals surface area contributed by atoms with Crippen LogP contribution in [0, 0.1) is 12.7 Å². The molecule has 0 aliphatic carbocycles. The van der Waals surface area contributed by atoms with Crippen LogP contribution >= 0.6 is 23.1 Å². The summed E-state index contributed by atoms with van der Waals surface area (Å²) in [5.41, 5.74) is 1.96. The van der Waals surface area contributed by atoms with Crippen molar-refractivity contribution in [3.05, 3.63) is 87.9 Å². The number of thiophene rings is 1. The predicted molar refractivity (Wildman–Crippen MR) is 140 cm³/mol. The number of halogens is 1. The van der Waals surface area contributed by atoms with Crippen molar-refractivity contribution in [1.29, 1.82) is 0 Å². The van der Waals surface area contributed by atoms with Crippen molar-refractivity contribution < 1.29 is 18.7 Å². The molecule has 1 heterocycles. The molecular formula is C27H31FN2O3S2.